The maximum Gasteiger partial charge on any atom is 0.119 e. The molecular weight excluding hydrogens is 354 g/mol. The number of nitriles is 1. The Morgan fingerprint density at radius 3 is 2.34 bits per heavy atom. The van der Waals surface area contributed by atoms with E-state index in [1.165, 1.54) is 36.0 Å². The zero-order valence-electron chi connectivity index (χ0n) is 18.1. The Balaban J connectivity index is 1.58. The van der Waals surface area contributed by atoms with Gasteiger partial charge in [0.15, 0.2) is 0 Å². The van der Waals surface area contributed by atoms with Crippen LogP contribution < -0.4 is 4.74 Å². The van der Waals surface area contributed by atoms with Gasteiger partial charge in [-0.05, 0) is 66.8 Å². The topological polar surface area (TPSA) is 33.0 Å². The Bertz CT molecular complexity index is 787. The van der Waals surface area contributed by atoms with Crippen molar-refractivity contribution >= 4 is 0 Å². The summed E-state index contributed by atoms with van der Waals surface area (Å²) in [7, 11) is 0. The van der Waals surface area contributed by atoms with Crippen LogP contribution in [0.4, 0.5) is 0 Å². The Morgan fingerprint density at radius 2 is 1.72 bits per heavy atom. The molecule has 2 heteroatoms. The summed E-state index contributed by atoms with van der Waals surface area (Å²) in [6.07, 6.45) is 10.1. The number of aryl methyl sites for hydroxylation is 1. The van der Waals surface area contributed by atoms with Gasteiger partial charge in [-0.3, -0.25) is 0 Å². The van der Waals surface area contributed by atoms with Crippen molar-refractivity contribution < 1.29 is 4.74 Å². The Morgan fingerprint density at radius 1 is 1.03 bits per heavy atom. The highest BCUT2D eigenvalue weighted by molar-refractivity contribution is 5.64. The van der Waals surface area contributed by atoms with Crippen LogP contribution in [0, 0.1) is 22.7 Å². The fourth-order valence-corrected chi connectivity index (χ4v) is 4.54. The van der Waals surface area contributed by atoms with Crippen molar-refractivity contribution in [1.82, 2.24) is 0 Å². The molecule has 0 amide bonds. The number of ether oxygens (including phenoxy) is 1. The zero-order chi connectivity index (χ0) is 20.5. The molecule has 0 bridgehead atoms. The van der Waals surface area contributed by atoms with Crippen molar-refractivity contribution in [3.63, 3.8) is 0 Å². The molecule has 2 aromatic carbocycles. The van der Waals surface area contributed by atoms with Crippen molar-refractivity contribution in [3.8, 4) is 22.9 Å². The molecule has 3 rings (SSSR count). The number of nitrogens with zero attached hydrogens (tertiary/aromatic N) is 1. The summed E-state index contributed by atoms with van der Waals surface area (Å²) < 4.78 is 5.76. The molecule has 0 aromatic heterocycles. The van der Waals surface area contributed by atoms with Gasteiger partial charge in [0.05, 0.1) is 18.1 Å². The number of hydrogen-bond acceptors (Lipinski definition) is 2. The van der Waals surface area contributed by atoms with Crippen molar-refractivity contribution in [2.24, 2.45) is 11.3 Å². The molecule has 0 N–H and O–H groups in total. The second-order valence-electron chi connectivity index (χ2n) is 8.69. The van der Waals surface area contributed by atoms with E-state index in [0.717, 1.165) is 56.8 Å². The highest BCUT2D eigenvalue weighted by Gasteiger charge is 2.35. The minimum absolute atomic E-state index is 0.106. The fourth-order valence-electron chi connectivity index (χ4n) is 4.54. The molecule has 0 spiro atoms. The number of hydrogen-bond donors (Lipinski definition) is 0. The van der Waals surface area contributed by atoms with E-state index in [0.29, 0.717) is 0 Å². The third kappa shape index (κ3) is 5.86. The van der Waals surface area contributed by atoms with Gasteiger partial charge in [-0.1, -0.05) is 75.9 Å². The van der Waals surface area contributed by atoms with Crippen molar-refractivity contribution in [3.05, 3.63) is 54.1 Å². The largest absolute Gasteiger partial charge is 0.494 e. The summed E-state index contributed by atoms with van der Waals surface area (Å²) in [5.41, 5.74) is 3.67. The maximum absolute atomic E-state index is 9.86. The minimum Gasteiger partial charge on any atom is -0.494 e. The molecule has 29 heavy (non-hydrogen) atoms. The number of rotatable bonds is 9. The van der Waals surface area contributed by atoms with Gasteiger partial charge in [0, 0.05) is 0 Å². The monoisotopic (exact) mass is 389 g/mol. The van der Waals surface area contributed by atoms with Crippen molar-refractivity contribution in [2.75, 3.05) is 6.61 Å². The average Bonchev–Trinajstić information content (AvgIpc) is 2.79. The van der Waals surface area contributed by atoms with Crippen LogP contribution in [0.2, 0.25) is 0 Å². The quantitative estimate of drug-likeness (QED) is 0.414. The minimum atomic E-state index is -0.106. The molecule has 0 saturated heterocycles. The van der Waals surface area contributed by atoms with E-state index in [9.17, 15) is 5.26 Å². The van der Waals surface area contributed by atoms with Gasteiger partial charge >= 0.3 is 0 Å². The van der Waals surface area contributed by atoms with E-state index in [1.807, 2.05) is 0 Å². The molecule has 2 atom stereocenters. The van der Waals surface area contributed by atoms with Crippen LogP contribution in [0.1, 0.15) is 70.8 Å². The summed E-state index contributed by atoms with van der Waals surface area (Å²) in [5, 5.41) is 9.86. The van der Waals surface area contributed by atoms with E-state index in [4.69, 9.17) is 4.74 Å². The molecule has 2 unspecified atom stereocenters. The van der Waals surface area contributed by atoms with Crippen LogP contribution in [0.25, 0.3) is 11.1 Å². The van der Waals surface area contributed by atoms with Crippen molar-refractivity contribution in [1.29, 1.82) is 5.26 Å². The van der Waals surface area contributed by atoms with Gasteiger partial charge in [-0.15, -0.1) is 0 Å². The number of benzene rings is 2. The van der Waals surface area contributed by atoms with Gasteiger partial charge in [-0.2, -0.15) is 5.26 Å². The predicted molar refractivity (Wildman–Crippen MR) is 121 cm³/mol. The predicted octanol–water partition coefficient (Wildman–Crippen LogP) is 7.58. The van der Waals surface area contributed by atoms with E-state index in [2.05, 4.69) is 68.4 Å². The van der Waals surface area contributed by atoms with Gasteiger partial charge in [-0.25, -0.2) is 0 Å². The van der Waals surface area contributed by atoms with E-state index < -0.39 is 0 Å². The lowest BCUT2D eigenvalue weighted by atomic mass is 9.67. The van der Waals surface area contributed by atoms with Crippen LogP contribution in [-0.2, 0) is 6.42 Å². The van der Waals surface area contributed by atoms with E-state index in [-0.39, 0.29) is 5.41 Å². The molecule has 1 saturated carbocycles. The first-order valence-corrected chi connectivity index (χ1v) is 11.4. The van der Waals surface area contributed by atoms with E-state index in [1.54, 1.807) is 0 Å². The summed E-state index contributed by atoms with van der Waals surface area (Å²) in [6.45, 7) is 5.22. The lowest BCUT2D eigenvalue weighted by Gasteiger charge is -2.35. The highest BCUT2D eigenvalue weighted by Crippen LogP contribution is 2.43. The van der Waals surface area contributed by atoms with Crippen molar-refractivity contribution in [2.45, 2.75) is 71.6 Å². The van der Waals surface area contributed by atoms with Gasteiger partial charge in [0.2, 0.25) is 0 Å². The zero-order valence-corrected chi connectivity index (χ0v) is 18.1. The molecule has 2 aromatic rings. The SMILES string of the molecule is CCCCOc1ccc(-c2ccc(CCC3(C#N)CCCC(CC)C3)cc2)cc1. The summed E-state index contributed by atoms with van der Waals surface area (Å²) in [6, 6.07) is 20.0. The first-order valence-electron chi connectivity index (χ1n) is 11.4. The molecule has 1 fully saturated rings. The second kappa shape index (κ2) is 10.5. The smallest absolute Gasteiger partial charge is 0.119 e. The summed E-state index contributed by atoms with van der Waals surface area (Å²) in [4.78, 5) is 0. The average molecular weight is 390 g/mol. The standard InChI is InChI=1S/C27H35NO/c1-3-5-19-29-26-14-12-25(13-15-26)24-10-8-23(9-11-24)16-18-27(21-28)17-6-7-22(4-2)20-27/h8-15,22H,3-7,16-20H2,1-2H3. The first-order chi connectivity index (χ1) is 14.2. The highest BCUT2D eigenvalue weighted by atomic mass is 16.5. The molecular formula is C27H35NO. The van der Waals surface area contributed by atoms with Crippen LogP contribution in [0.3, 0.4) is 0 Å². The van der Waals surface area contributed by atoms with E-state index >= 15 is 0 Å². The van der Waals surface area contributed by atoms with Crippen LogP contribution in [0.15, 0.2) is 48.5 Å². The Labute approximate surface area is 176 Å². The number of unbranched alkanes of at least 4 members (excludes halogenated alkanes) is 1. The lowest BCUT2D eigenvalue weighted by molar-refractivity contribution is 0.183. The second-order valence-corrected chi connectivity index (χ2v) is 8.69. The lowest BCUT2D eigenvalue weighted by Crippen LogP contribution is -2.27. The summed E-state index contributed by atoms with van der Waals surface area (Å²) in [5.74, 6) is 1.68. The Kier molecular flexibility index (Phi) is 7.76. The maximum atomic E-state index is 9.86. The van der Waals surface area contributed by atoms with Gasteiger partial charge in [0.1, 0.15) is 5.75 Å². The normalized spacial score (nSPS) is 21.5. The molecule has 0 aliphatic heterocycles. The fraction of sp³-hybridized carbons (Fsp3) is 0.519. The summed E-state index contributed by atoms with van der Waals surface area (Å²) >= 11 is 0. The van der Waals surface area contributed by atoms with Gasteiger partial charge in [0.25, 0.3) is 0 Å². The Hall–Kier alpha value is -2.27. The molecule has 0 heterocycles. The molecule has 1 aliphatic carbocycles. The molecule has 1 aliphatic rings. The third-order valence-electron chi connectivity index (χ3n) is 6.56. The molecule has 2 nitrogen and oxygen atoms in total. The molecule has 0 radical (unpaired) electrons. The van der Waals surface area contributed by atoms with Crippen LogP contribution >= 0.6 is 0 Å². The van der Waals surface area contributed by atoms with Crippen LogP contribution in [-0.4, -0.2) is 6.61 Å². The first kappa shape index (κ1) is 21.4. The van der Waals surface area contributed by atoms with Gasteiger partial charge < -0.3 is 4.74 Å². The third-order valence-corrected chi connectivity index (χ3v) is 6.56. The van der Waals surface area contributed by atoms with Crippen LogP contribution in [0.5, 0.6) is 5.75 Å². The molecule has 154 valence electrons.